The van der Waals surface area contributed by atoms with Gasteiger partial charge in [-0.25, -0.2) is 0 Å². The lowest BCUT2D eigenvalue weighted by molar-refractivity contribution is 1.54. The smallest absolute Gasteiger partial charge is 0.168 e. The zero-order valence-corrected chi connectivity index (χ0v) is 12.1. The Hall–Kier alpha value is 0.450. The molecule has 0 amide bonds. The van der Waals surface area contributed by atoms with Crippen LogP contribution in [-0.4, -0.2) is 5.11 Å². The van der Waals surface area contributed by atoms with E-state index in [9.17, 15) is 0 Å². The van der Waals surface area contributed by atoms with Gasteiger partial charge in [0.2, 0.25) is 0 Å². The standard InChI is InChI=1S/C7H4Br2Cl2N2S/c8-2-1-3(9)6(13-7(12)14)5(11)4(2)10/h1H,(H3,12,13,14). The number of rotatable bonds is 1. The molecule has 0 atom stereocenters. The predicted molar refractivity (Wildman–Crippen MR) is 72.3 cm³/mol. The number of hydrogen-bond donors (Lipinski definition) is 2. The largest absolute Gasteiger partial charge is 0.376 e. The van der Waals surface area contributed by atoms with Gasteiger partial charge in [0.05, 0.1) is 15.7 Å². The van der Waals surface area contributed by atoms with Gasteiger partial charge in [-0.05, 0) is 50.1 Å². The Balaban J connectivity index is 3.29. The van der Waals surface area contributed by atoms with Crippen molar-refractivity contribution in [2.24, 2.45) is 5.73 Å². The van der Waals surface area contributed by atoms with E-state index in [0.717, 1.165) is 4.47 Å². The van der Waals surface area contributed by atoms with Crippen molar-refractivity contribution >= 4 is 78.1 Å². The maximum absolute atomic E-state index is 5.98. The highest BCUT2D eigenvalue weighted by atomic mass is 79.9. The third kappa shape index (κ3) is 2.73. The van der Waals surface area contributed by atoms with Crippen LogP contribution in [0.3, 0.4) is 0 Å². The molecule has 76 valence electrons. The zero-order chi connectivity index (χ0) is 10.9. The van der Waals surface area contributed by atoms with E-state index >= 15 is 0 Å². The highest BCUT2D eigenvalue weighted by molar-refractivity contribution is 9.11. The van der Waals surface area contributed by atoms with Gasteiger partial charge in [0.1, 0.15) is 0 Å². The Labute approximate surface area is 113 Å². The summed E-state index contributed by atoms with van der Waals surface area (Å²) in [7, 11) is 0. The van der Waals surface area contributed by atoms with Crippen LogP contribution in [0.4, 0.5) is 5.69 Å². The molecule has 0 fully saturated rings. The number of anilines is 1. The van der Waals surface area contributed by atoms with Gasteiger partial charge in [0.25, 0.3) is 0 Å². The fraction of sp³-hybridized carbons (Fsp3) is 0. The lowest BCUT2D eigenvalue weighted by Crippen LogP contribution is -2.19. The summed E-state index contributed by atoms with van der Waals surface area (Å²) in [5.41, 5.74) is 5.90. The summed E-state index contributed by atoms with van der Waals surface area (Å²) >= 11 is 23.2. The summed E-state index contributed by atoms with van der Waals surface area (Å²) in [5.74, 6) is 0. The van der Waals surface area contributed by atoms with Crippen molar-refractivity contribution < 1.29 is 0 Å². The molecular weight excluding hydrogens is 375 g/mol. The number of nitrogens with one attached hydrogen (secondary N) is 1. The van der Waals surface area contributed by atoms with Crippen molar-refractivity contribution in [2.45, 2.75) is 0 Å². The summed E-state index contributed by atoms with van der Waals surface area (Å²) in [6, 6.07) is 1.76. The summed E-state index contributed by atoms with van der Waals surface area (Å²) in [4.78, 5) is 0. The Morgan fingerprint density at radius 3 is 2.36 bits per heavy atom. The predicted octanol–water partition coefficient (Wildman–Crippen LogP) is 4.17. The van der Waals surface area contributed by atoms with E-state index in [1.54, 1.807) is 6.07 Å². The number of hydrogen-bond acceptors (Lipinski definition) is 1. The van der Waals surface area contributed by atoms with Crippen molar-refractivity contribution in [3.8, 4) is 0 Å². The van der Waals surface area contributed by atoms with Crippen LogP contribution in [0.25, 0.3) is 0 Å². The van der Waals surface area contributed by atoms with Crippen LogP contribution < -0.4 is 11.1 Å². The van der Waals surface area contributed by atoms with Crippen LogP contribution in [0.1, 0.15) is 0 Å². The minimum atomic E-state index is 0.131. The van der Waals surface area contributed by atoms with Crippen LogP contribution in [0.5, 0.6) is 0 Å². The monoisotopic (exact) mass is 376 g/mol. The Morgan fingerprint density at radius 2 is 1.86 bits per heavy atom. The number of nitrogens with two attached hydrogens (primary N) is 1. The SMILES string of the molecule is NC(=S)Nc1c(Br)cc(Br)c(Cl)c1Cl. The van der Waals surface area contributed by atoms with E-state index in [1.807, 2.05) is 0 Å². The third-order valence-electron chi connectivity index (χ3n) is 1.36. The molecule has 0 saturated heterocycles. The van der Waals surface area contributed by atoms with Crippen molar-refractivity contribution in [1.82, 2.24) is 0 Å². The molecule has 3 N–H and O–H groups in total. The summed E-state index contributed by atoms with van der Waals surface area (Å²) in [5, 5.41) is 3.64. The van der Waals surface area contributed by atoms with E-state index in [-0.39, 0.29) is 5.11 Å². The van der Waals surface area contributed by atoms with Crippen LogP contribution in [0.15, 0.2) is 15.0 Å². The van der Waals surface area contributed by atoms with Crippen LogP contribution in [0, 0.1) is 0 Å². The minimum Gasteiger partial charge on any atom is -0.376 e. The fourth-order valence-electron chi connectivity index (χ4n) is 0.804. The van der Waals surface area contributed by atoms with Crippen LogP contribution >= 0.6 is 67.3 Å². The van der Waals surface area contributed by atoms with E-state index in [4.69, 9.17) is 41.2 Å². The molecule has 0 aliphatic rings. The van der Waals surface area contributed by atoms with E-state index in [0.29, 0.717) is 20.2 Å². The van der Waals surface area contributed by atoms with Crippen molar-refractivity contribution in [2.75, 3.05) is 5.32 Å². The van der Waals surface area contributed by atoms with Crippen LogP contribution in [-0.2, 0) is 0 Å². The van der Waals surface area contributed by atoms with Gasteiger partial charge in [-0.2, -0.15) is 0 Å². The number of halogens is 4. The summed E-state index contributed by atoms with van der Waals surface area (Å²) in [6.07, 6.45) is 0. The number of benzene rings is 1. The first-order valence-electron chi connectivity index (χ1n) is 3.33. The molecule has 0 unspecified atom stereocenters. The highest BCUT2D eigenvalue weighted by Gasteiger charge is 2.13. The maximum Gasteiger partial charge on any atom is 0.168 e. The molecule has 7 heteroatoms. The zero-order valence-electron chi connectivity index (χ0n) is 6.57. The van der Waals surface area contributed by atoms with Gasteiger partial charge >= 0.3 is 0 Å². The molecule has 0 spiro atoms. The average molecular weight is 379 g/mol. The van der Waals surface area contributed by atoms with Crippen LogP contribution in [0.2, 0.25) is 10.0 Å². The first-order valence-corrected chi connectivity index (χ1v) is 6.08. The van der Waals surface area contributed by atoms with Gasteiger partial charge in [-0.1, -0.05) is 23.2 Å². The highest BCUT2D eigenvalue weighted by Crippen LogP contribution is 2.41. The molecule has 1 rings (SSSR count). The Kier molecular flexibility index (Phi) is 4.46. The Morgan fingerprint density at radius 1 is 1.29 bits per heavy atom. The van der Waals surface area contributed by atoms with Gasteiger partial charge in [-0.3, -0.25) is 0 Å². The molecule has 14 heavy (non-hydrogen) atoms. The van der Waals surface area contributed by atoms with Gasteiger partial charge in [-0.15, -0.1) is 0 Å². The molecule has 0 aromatic heterocycles. The van der Waals surface area contributed by atoms with Gasteiger partial charge in [0.15, 0.2) is 5.11 Å². The quantitative estimate of drug-likeness (QED) is 0.437. The topological polar surface area (TPSA) is 38.0 Å². The van der Waals surface area contributed by atoms with Crippen molar-refractivity contribution in [1.29, 1.82) is 0 Å². The minimum absolute atomic E-state index is 0.131. The number of thiocarbonyl (C=S) groups is 1. The van der Waals surface area contributed by atoms with Crippen molar-refractivity contribution in [3.63, 3.8) is 0 Å². The second kappa shape index (κ2) is 4.99. The summed E-state index contributed by atoms with van der Waals surface area (Å²) < 4.78 is 1.43. The molecule has 0 saturated carbocycles. The third-order valence-corrected chi connectivity index (χ3v) is 3.81. The maximum atomic E-state index is 5.98. The molecule has 0 radical (unpaired) electrons. The lowest BCUT2D eigenvalue weighted by atomic mass is 10.3. The van der Waals surface area contributed by atoms with Gasteiger partial charge < -0.3 is 11.1 Å². The lowest BCUT2D eigenvalue weighted by Gasteiger charge is -2.11. The molecular formula is C7H4Br2Cl2N2S. The first kappa shape index (κ1) is 12.5. The summed E-state index contributed by atoms with van der Waals surface area (Å²) in [6.45, 7) is 0. The first-order chi connectivity index (χ1) is 6.43. The normalized spacial score (nSPS) is 10.0. The molecule has 2 nitrogen and oxygen atoms in total. The van der Waals surface area contributed by atoms with Gasteiger partial charge in [0, 0.05) is 8.95 Å². The molecule has 1 aromatic carbocycles. The molecule has 0 bridgehead atoms. The van der Waals surface area contributed by atoms with E-state index in [2.05, 4.69) is 37.2 Å². The fourth-order valence-corrected chi connectivity index (χ4v) is 2.79. The van der Waals surface area contributed by atoms with E-state index < -0.39 is 0 Å². The average Bonchev–Trinajstić information content (AvgIpc) is 2.09. The van der Waals surface area contributed by atoms with Crippen molar-refractivity contribution in [3.05, 3.63) is 25.1 Å². The molecule has 0 aliphatic heterocycles. The Bertz CT molecular complexity index is 398. The second-order valence-electron chi connectivity index (χ2n) is 2.33. The second-order valence-corrected chi connectivity index (χ2v) is 5.24. The molecule has 0 aliphatic carbocycles. The molecule has 1 aromatic rings. The van der Waals surface area contributed by atoms with E-state index in [1.165, 1.54) is 0 Å². The molecule has 0 heterocycles.